The second-order valence-electron chi connectivity index (χ2n) is 5.63. The largest absolute Gasteiger partial charge is 0.404 e. The van der Waals surface area contributed by atoms with Gasteiger partial charge in [-0.05, 0) is 54.1 Å². The van der Waals surface area contributed by atoms with Gasteiger partial charge in [0.25, 0.3) is 0 Å². The van der Waals surface area contributed by atoms with Crippen LogP contribution >= 0.6 is 11.8 Å². The van der Waals surface area contributed by atoms with Crippen molar-refractivity contribution in [2.75, 3.05) is 11.6 Å². The first-order valence-corrected chi connectivity index (χ1v) is 9.42. The molecule has 0 aliphatic carbocycles. The first-order valence-electron chi connectivity index (χ1n) is 8.03. The predicted octanol–water partition coefficient (Wildman–Crippen LogP) is 3.85. The number of aromatic nitrogens is 1. The molecule has 0 fully saturated rings. The van der Waals surface area contributed by atoms with Gasteiger partial charge >= 0.3 is 0 Å². The number of allylic oxidation sites excluding steroid dienone is 1. The molecule has 0 saturated heterocycles. The van der Waals surface area contributed by atoms with Crippen LogP contribution in [0, 0.1) is 12.3 Å². The molecule has 1 aromatic heterocycles. The molecule has 2 rings (SSSR count). The number of nitrogens with zero attached hydrogens (tertiary/aromatic N) is 1. The van der Waals surface area contributed by atoms with E-state index < -0.39 is 0 Å². The van der Waals surface area contributed by atoms with E-state index >= 15 is 0 Å². The fraction of sp³-hybridized carbons (Fsp3) is 0.150. The monoisotopic (exact) mass is 366 g/mol. The van der Waals surface area contributed by atoms with Crippen molar-refractivity contribution in [3.63, 3.8) is 0 Å². The number of nitrogens with two attached hydrogens (primary N) is 1. The number of thioether (sulfide) groups is 1. The lowest BCUT2D eigenvalue weighted by Gasteiger charge is -2.08. The van der Waals surface area contributed by atoms with Crippen LogP contribution in [0.5, 0.6) is 0 Å². The molecule has 0 aliphatic rings. The molecule has 0 bridgehead atoms. The van der Waals surface area contributed by atoms with Gasteiger partial charge in [0, 0.05) is 53.5 Å². The van der Waals surface area contributed by atoms with Gasteiger partial charge in [0.2, 0.25) is 5.91 Å². The summed E-state index contributed by atoms with van der Waals surface area (Å²) in [6.07, 6.45) is 11.0. The smallest absolute Gasteiger partial charge is 0.248 e. The molecule has 134 valence electrons. The maximum absolute atomic E-state index is 12.2. The van der Waals surface area contributed by atoms with E-state index in [-0.39, 0.29) is 5.91 Å². The summed E-state index contributed by atoms with van der Waals surface area (Å²) in [6.45, 7) is 2.04. The van der Waals surface area contributed by atoms with Crippen LogP contribution in [0.15, 0.2) is 48.9 Å². The molecule has 0 radical (unpaired) electrons. The average Bonchev–Trinajstić information content (AvgIpc) is 2.64. The molecule has 5 nitrogen and oxygen atoms in total. The first-order chi connectivity index (χ1) is 12.6. The van der Waals surface area contributed by atoms with E-state index in [1.54, 1.807) is 36.3 Å². The van der Waals surface area contributed by atoms with Gasteiger partial charge < -0.3 is 16.5 Å². The highest BCUT2D eigenvalue weighted by Gasteiger charge is 2.05. The Hall–Kier alpha value is -2.86. The number of carbonyl (C=O) groups excluding carboxylic acids is 1. The number of benzene rings is 1. The number of amides is 1. The summed E-state index contributed by atoms with van der Waals surface area (Å²) in [4.78, 5) is 16.3. The van der Waals surface area contributed by atoms with Gasteiger partial charge in [0.05, 0.1) is 0 Å². The second kappa shape index (κ2) is 9.58. The van der Waals surface area contributed by atoms with Crippen LogP contribution in [0.3, 0.4) is 0 Å². The van der Waals surface area contributed by atoms with Crippen LogP contribution in [-0.2, 0) is 10.5 Å². The summed E-state index contributed by atoms with van der Waals surface area (Å²) in [5.74, 6) is 0.721. The van der Waals surface area contributed by atoms with Gasteiger partial charge in [0.1, 0.15) is 0 Å². The van der Waals surface area contributed by atoms with Crippen molar-refractivity contribution < 1.29 is 4.79 Å². The Kier molecular flexibility index (Phi) is 7.17. The lowest BCUT2D eigenvalue weighted by Crippen LogP contribution is -2.08. The molecule has 0 aliphatic heterocycles. The Morgan fingerprint density at radius 1 is 1.38 bits per heavy atom. The summed E-state index contributed by atoms with van der Waals surface area (Å²) in [5.41, 5.74) is 10.8. The van der Waals surface area contributed by atoms with E-state index in [0.29, 0.717) is 11.1 Å². The Morgan fingerprint density at radius 2 is 2.19 bits per heavy atom. The number of hydrogen-bond donors (Lipinski definition) is 3. The minimum atomic E-state index is -0.232. The third-order valence-corrected chi connectivity index (χ3v) is 4.42. The molecule has 1 heterocycles. The normalized spacial score (nSPS) is 11.5. The summed E-state index contributed by atoms with van der Waals surface area (Å²) in [5, 5.41) is 10.3. The molecule has 0 unspecified atom stereocenters. The number of carbonyl (C=O) groups is 1. The molecule has 0 spiro atoms. The van der Waals surface area contributed by atoms with E-state index in [1.807, 2.05) is 25.1 Å². The second-order valence-corrected chi connectivity index (χ2v) is 6.49. The lowest BCUT2D eigenvalue weighted by molar-refractivity contribution is -0.111. The summed E-state index contributed by atoms with van der Waals surface area (Å²) >= 11 is 1.77. The Labute approximate surface area is 157 Å². The van der Waals surface area contributed by atoms with Crippen molar-refractivity contribution in [3.05, 3.63) is 71.2 Å². The van der Waals surface area contributed by atoms with Crippen molar-refractivity contribution in [3.8, 4) is 0 Å². The summed E-state index contributed by atoms with van der Waals surface area (Å²) in [7, 11) is 0. The number of nitrogens with one attached hydrogen (secondary N) is 2. The molecular weight excluding hydrogens is 344 g/mol. The minimum absolute atomic E-state index is 0.232. The number of hydrogen-bond acceptors (Lipinski definition) is 5. The molecule has 0 atom stereocenters. The van der Waals surface area contributed by atoms with Crippen molar-refractivity contribution in [2.45, 2.75) is 12.7 Å². The van der Waals surface area contributed by atoms with Crippen LogP contribution in [0.4, 0.5) is 5.69 Å². The Morgan fingerprint density at radius 3 is 2.85 bits per heavy atom. The van der Waals surface area contributed by atoms with Crippen LogP contribution in [-0.4, -0.2) is 23.4 Å². The van der Waals surface area contributed by atoms with Crippen LogP contribution in [0.2, 0.25) is 0 Å². The van der Waals surface area contributed by atoms with Crippen molar-refractivity contribution in [1.29, 1.82) is 5.41 Å². The zero-order valence-electron chi connectivity index (χ0n) is 14.8. The maximum Gasteiger partial charge on any atom is 0.248 e. The highest BCUT2D eigenvalue weighted by Crippen LogP contribution is 2.20. The quantitative estimate of drug-likeness (QED) is 0.512. The number of aryl methyl sites for hydroxylation is 1. The van der Waals surface area contributed by atoms with E-state index in [2.05, 4.69) is 16.6 Å². The molecule has 26 heavy (non-hydrogen) atoms. The van der Waals surface area contributed by atoms with Gasteiger partial charge in [-0.1, -0.05) is 6.07 Å². The van der Waals surface area contributed by atoms with Gasteiger partial charge in [-0.25, -0.2) is 0 Å². The minimum Gasteiger partial charge on any atom is -0.404 e. The molecule has 1 aromatic carbocycles. The highest BCUT2D eigenvalue weighted by atomic mass is 32.2. The molecule has 6 heteroatoms. The fourth-order valence-electron chi connectivity index (χ4n) is 2.46. The number of rotatable bonds is 7. The van der Waals surface area contributed by atoms with Gasteiger partial charge in [0.15, 0.2) is 0 Å². The van der Waals surface area contributed by atoms with Gasteiger partial charge in [-0.2, -0.15) is 11.8 Å². The van der Waals surface area contributed by atoms with E-state index in [1.165, 1.54) is 24.1 Å². The summed E-state index contributed by atoms with van der Waals surface area (Å²) in [6, 6.07) is 7.67. The summed E-state index contributed by atoms with van der Waals surface area (Å²) < 4.78 is 0. The van der Waals surface area contributed by atoms with Crippen molar-refractivity contribution in [2.24, 2.45) is 5.73 Å². The molecule has 4 N–H and O–H groups in total. The van der Waals surface area contributed by atoms with Crippen LogP contribution < -0.4 is 11.1 Å². The average molecular weight is 366 g/mol. The van der Waals surface area contributed by atoms with Crippen molar-refractivity contribution in [1.82, 2.24) is 4.98 Å². The van der Waals surface area contributed by atoms with Gasteiger partial charge in [-0.3, -0.25) is 9.78 Å². The SMILES string of the molecule is CSCc1ccc(NC(=O)/C=C/c2cnccc2/C(C=N)=C/N)cc1C. The molecule has 0 saturated carbocycles. The van der Waals surface area contributed by atoms with E-state index in [9.17, 15) is 4.79 Å². The predicted molar refractivity (Wildman–Crippen MR) is 111 cm³/mol. The maximum atomic E-state index is 12.2. The zero-order valence-corrected chi connectivity index (χ0v) is 15.6. The lowest BCUT2D eigenvalue weighted by atomic mass is 10.0. The zero-order chi connectivity index (χ0) is 18.9. The van der Waals surface area contributed by atoms with Crippen LogP contribution in [0.25, 0.3) is 11.6 Å². The van der Waals surface area contributed by atoms with Crippen LogP contribution in [0.1, 0.15) is 22.3 Å². The molecule has 1 amide bonds. The standard InChI is InChI=1S/C20H22N4OS/c1-14-9-18(5-3-16(14)13-26-2)24-20(25)6-4-15-12-23-8-7-19(15)17(10-21)11-22/h3-12,21H,13,22H2,1-2H3,(H,24,25)/b6-4+,17-11+,21-10?. The first kappa shape index (κ1) is 19.5. The van der Waals surface area contributed by atoms with E-state index in [0.717, 1.165) is 22.6 Å². The van der Waals surface area contributed by atoms with E-state index in [4.69, 9.17) is 11.1 Å². The van der Waals surface area contributed by atoms with Crippen molar-refractivity contribution >= 4 is 41.2 Å². The highest BCUT2D eigenvalue weighted by molar-refractivity contribution is 7.97. The Balaban J connectivity index is 2.13. The number of pyridine rings is 1. The number of anilines is 1. The Bertz CT molecular complexity index is 859. The third-order valence-electron chi connectivity index (χ3n) is 3.82. The fourth-order valence-corrected chi connectivity index (χ4v) is 3.09. The van der Waals surface area contributed by atoms with Gasteiger partial charge in [-0.15, -0.1) is 0 Å². The third kappa shape index (κ3) is 5.07. The topological polar surface area (TPSA) is 91.9 Å². The molecule has 2 aromatic rings. The molecular formula is C20H22N4OS.